The summed E-state index contributed by atoms with van der Waals surface area (Å²) in [6.45, 7) is -0.143. The molecule has 2 rings (SSSR count). The Labute approximate surface area is 121 Å². The molecule has 6 nitrogen and oxygen atoms in total. The molecule has 0 saturated carbocycles. The van der Waals surface area contributed by atoms with E-state index >= 15 is 0 Å². The molecule has 0 heterocycles. The molecule has 0 fully saturated rings. The predicted octanol–water partition coefficient (Wildman–Crippen LogP) is 0.562. The van der Waals surface area contributed by atoms with Crippen molar-refractivity contribution in [2.75, 3.05) is 6.54 Å². The van der Waals surface area contributed by atoms with Gasteiger partial charge in [0.05, 0.1) is 12.5 Å². The lowest BCUT2D eigenvalue weighted by molar-refractivity contribution is -0.140. The zero-order chi connectivity index (χ0) is 15.2. The van der Waals surface area contributed by atoms with Gasteiger partial charge in [0.1, 0.15) is 0 Å². The van der Waals surface area contributed by atoms with Crippen LogP contribution in [0.25, 0.3) is 0 Å². The molecule has 0 aliphatic heterocycles. The summed E-state index contributed by atoms with van der Waals surface area (Å²) >= 11 is 0. The van der Waals surface area contributed by atoms with Gasteiger partial charge in [-0.3, -0.25) is 14.4 Å². The van der Waals surface area contributed by atoms with Crippen LogP contribution in [-0.4, -0.2) is 35.5 Å². The minimum absolute atomic E-state index is 0.143. The molecule has 0 spiro atoms. The molecule has 21 heavy (non-hydrogen) atoms. The first-order valence-electron chi connectivity index (χ1n) is 6.60. The Hall–Kier alpha value is -2.63. The monoisotopic (exact) mass is 288 g/mol. The van der Waals surface area contributed by atoms with Crippen LogP contribution in [0.3, 0.4) is 0 Å². The van der Waals surface area contributed by atoms with Gasteiger partial charge < -0.3 is 15.7 Å². The van der Waals surface area contributed by atoms with Crippen molar-refractivity contribution in [2.45, 2.75) is 12.5 Å². The van der Waals surface area contributed by atoms with Gasteiger partial charge in [-0.15, -0.1) is 0 Å². The minimum Gasteiger partial charge on any atom is -0.481 e. The third kappa shape index (κ3) is 4.17. The normalized spacial score (nSPS) is 20.0. The first-order chi connectivity index (χ1) is 10.1. The number of carbonyl (C=O) groups is 3. The summed E-state index contributed by atoms with van der Waals surface area (Å²) in [7, 11) is 0. The fourth-order valence-electron chi connectivity index (χ4n) is 2.10. The van der Waals surface area contributed by atoms with Crippen LogP contribution in [0.2, 0.25) is 0 Å². The van der Waals surface area contributed by atoms with Crippen LogP contribution < -0.4 is 10.6 Å². The number of benzene rings is 1. The summed E-state index contributed by atoms with van der Waals surface area (Å²) in [5, 5.41) is 14.0. The Morgan fingerprint density at radius 3 is 2.48 bits per heavy atom. The second-order valence-corrected chi connectivity index (χ2v) is 4.79. The van der Waals surface area contributed by atoms with Crippen LogP contribution in [0.4, 0.5) is 0 Å². The van der Waals surface area contributed by atoms with Gasteiger partial charge in [-0.25, -0.2) is 0 Å². The van der Waals surface area contributed by atoms with Crippen molar-refractivity contribution in [3.05, 3.63) is 48.0 Å². The molecule has 2 atom stereocenters. The Morgan fingerprint density at radius 2 is 1.86 bits per heavy atom. The molecule has 2 amide bonds. The largest absolute Gasteiger partial charge is 0.481 e. The number of rotatable bonds is 5. The highest BCUT2D eigenvalue weighted by atomic mass is 16.4. The molecule has 1 aromatic carbocycles. The van der Waals surface area contributed by atoms with Crippen molar-refractivity contribution in [1.82, 2.24) is 10.6 Å². The maximum Gasteiger partial charge on any atom is 0.310 e. The molecule has 6 heteroatoms. The van der Waals surface area contributed by atoms with Gasteiger partial charge in [0.15, 0.2) is 0 Å². The van der Waals surface area contributed by atoms with E-state index in [0.29, 0.717) is 12.0 Å². The fourth-order valence-corrected chi connectivity index (χ4v) is 2.10. The molecular weight excluding hydrogens is 272 g/mol. The average molecular weight is 288 g/mol. The maximum absolute atomic E-state index is 11.7. The van der Waals surface area contributed by atoms with Gasteiger partial charge in [-0.2, -0.15) is 0 Å². The second kappa shape index (κ2) is 6.69. The Balaban J connectivity index is 1.75. The minimum atomic E-state index is -0.902. The molecule has 3 N–H and O–H groups in total. The van der Waals surface area contributed by atoms with E-state index in [2.05, 4.69) is 10.6 Å². The molecule has 0 radical (unpaired) electrons. The van der Waals surface area contributed by atoms with Crippen molar-refractivity contribution in [3.63, 3.8) is 0 Å². The SMILES string of the molecule is O=C(CNC(=O)c1ccccc1)NC1C=CC(C(=O)O)C1. The zero-order valence-electron chi connectivity index (χ0n) is 11.3. The third-order valence-corrected chi connectivity index (χ3v) is 3.19. The molecule has 0 bridgehead atoms. The van der Waals surface area contributed by atoms with Gasteiger partial charge >= 0.3 is 5.97 Å². The highest BCUT2D eigenvalue weighted by Crippen LogP contribution is 2.17. The Bertz CT molecular complexity index is 568. The zero-order valence-corrected chi connectivity index (χ0v) is 11.3. The van der Waals surface area contributed by atoms with Crippen LogP contribution in [-0.2, 0) is 9.59 Å². The smallest absolute Gasteiger partial charge is 0.310 e. The van der Waals surface area contributed by atoms with Crippen molar-refractivity contribution < 1.29 is 19.5 Å². The number of amides is 2. The first kappa shape index (κ1) is 14.8. The molecule has 110 valence electrons. The number of nitrogens with one attached hydrogen (secondary N) is 2. The number of carbonyl (C=O) groups excluding carboxylic acids is 2. The number of carboxylic acid groups (broad SMARTS) is 1. The van der Waals surface area contributed by atoms with E-state index in [-0.39, 0.29) is 24.4 Å². The van der Waals surface area contributed by atoms with Crippen LogP contribution in [0.1, 0.15) is 16.8 Å². The first-order valence-corrected chi connectivity index (χ1v) is 6.60. The van der Waals surface area contributed by atoms with Crippen LogP contribution in [0.5, 0.6) is 0 Å². The van der Waals surface area contributed by atoms with E-state index in [9.17, 15) is 14.4 Å². The molecule has 2 unspecified atom stereocenters. The number of hydrogen-bond acceptors (Lipinski definition) is 3. The van der Waals surface area contributed by atoms with Crippen molar-refractivity contribution >= 4 is 17.8 Å². The van der Waals surface area contributed by atoms with E-state index in [0.717, 1.165) is 0 Å². The van der Waals surface area contributed by atoms with Crippen molar-refractivity contribution in [1.29, 1.82) is 0 Å². The lowest BCUT2D eigenvalue weighted by Crippen LogP contribution is -2.41. The lowest BCUT2D eigenvalue weighted by atomic mass is 10.1. The van der Waals surface area contributed by atoms with Gasteiger partial charge in [-0.1, -0.05) is 30.4 Å². The highest BCUT2D eigenvalue weighted by molar-refractivity contribution is 5.96. The number of hydrogen-bond donors (Lipinski definition) is 3. The Kier molecular flexibility index (Phi) is 4.71. The summed E-state index contributed by atoms with van der Waals surface area (Å²) in [5.74, 6) is -2.13. The van der Waals surface area contributed by atoms with Crippen LogP contribution in [0.15, 0.2) is 42.5 Å². The molecule has 1 aromatic rings. The molecule has 1 aliphatic carbocycles. The lowest BCUT2D eigenvalue weighted by Gasteiger charge is -2.12. The van der Waals surface area contributed by atoms with E-state index in [1.807, 2.05) is 0 Å². The standard InChI is InChI=1S/C15H16N2O4/c18-13(17-12-7-6-11(8-12)15(20)21)9-16-14(19)10-4-2-1-3-5-10/h1-7,11-12H,8-9H2,(H,16,19)(H,17,18)(H,20,21). The second-order valence-electron chi connectivity index (χ2n) is 4.79. The fraction of sp³-hybridized carbons (Fsp3) is 0.267. The predicted molar refractivity (Wildman–Crippen MR) is 75.6 cm³/mol. The van der Waals surface area contributed by atoms with Crippen molar-refractivity contribution in [2.24, 2.45) is 5.92 Å². The van der Waals surface area contributed by atoms with E-state index < -0.39 is 11.9 Å². The highest BCUT2D eigenvalue weighted by Gasteiger charge is 2.25. The van der Waals surface area contributed by atoms with E-state index in [4.69, 9.17) is 5.11 Å². The molecule has 0 aromatic heterocycles. The molecule has 0 saturated heterocycles. The van der Waals surface area contributed by atoms with Gasteiger partial charge in [0, 0.05) is 11.6 Å². The average Bonchev–Trinajstić information content (AvgIpc) is 2.94. The number of aliphatic carboxylic acids is 1. The van der Waals surface area contributed by atoms with Gasteiger partial charge in [0.25, 0.3) is 5.91 Å². The maximum atomic E-state index is 11.7. The van der Waals surface area contributed by atoms with E-state index in [1.165, 1.54) is 0 Å². The van der Waals surface area contributed by atoms with Gasteiger partial charge in [0.2, 0.25) is 5.91 Å². The quantitative estimate of drug-likeness (QED) is 0.690. The van der Waals surface area contributed by atoms with Crippen LogP contribution >= 0.6 is 0 Å². The van der Waals surface area contributed by atoms with Crippen molar-refractivity contribution in [3.8, 4) is 0 Å². The summed E-state index contributed by atoms with van der Waals surface area (Å²) in [6.07, 6.45) is 3.57. The molecular formula is C15H16N2O4. The third-order valence-electron chi connectivity index (χ3n) is 3.19. The molecule has 1 aliphatic rings. The van der Waals surface area contributed by atoms with Crippen LogP contribution in [0, 0.1) is 5.92 Å². The topological polar surface area (TPSA) is 95.5 Å². The van der Waals surface area contributed by atoms with Gasteiger partial charge in [-0.05, 0) is 18.6 Å². The summed E-state index contributed by atoms with van der Waals surface area (Å²) in [5.41, 5.74) is 0.483. The summed E-state index contributed by atoms with van der Waals surface area (Å²) in [4.78, 5) is 34.2. The Morgan fingerprint density at radius 1 is 1.14 bits per heavy atom. The number of carboxylic acids is 1. The van der Waals surface area contributed by atoms with E-state index in [1.54, 1.807) is 42.5 Å². The summed E-state index contributed by atoms with van der Waals surface area (Å²) in [6, 6.07) is 8.30. The summed E-state index contributed by atoms with van der Waals surface area (Å²) < 4.78 is 0.